The summed E-state index contributed by atoms with van der Waals surface area (Å²) in [5.74, 6) is -1.49. The van der Waals surface area contributed by atoms with Gasteiger partial charge in [0.2, 0.25) is 5.54 Å². The molecule has 2 N–H and O–H groups in total. The maximum absolute atomic E-state index is 12.8. The molecule has 0 spiro atoms. The van der Waals surface area contributed by atoms with E-state index in [1.807, 2.05) is 19.2 Å². The van der Waals surface area contributed by atoms with Gasteiger partial charge in [0.25, 0.3) is 0 Å². The molecule has 0 saturated heterocycles. The molecular weight excluding hydrogens is 277 g/mol. The Morgan fingerprint density at radius 3 is 2.55 bits per heavy atom. The van der Waals surface area contributed by atoms with Crippen molar-refractivity contribution in [3.63, 3.8) is 0 Å². The number of hydrogen-bond donors (Lipinski definition) is 2. The Morgan fingerprint density at radius 2 is 2.10 bits per heavy atom. The molecule has 1 heterocycles. The normalized spacial score (nSPS) is 15.3. The van der Waals surface area contributed by atoms with Crippen molar-refractivity contribution in [2.75, 3.05) is 0 Å². The van der Waals surface area contributed by atoms with E-state index in [0.717, 1.165) is 0 Å². The summed E-state index contributed by atoms with van der Waals surface area (Å²) in [4.78, 5) is 14.7. The third-order valence-electron chi connectivity index (χ3n) is 2.83. The average molecular weight is 294 g/mol. The number of aliphatic carboxylic acids is 1. The molecule has 0 aliphatic heterocycles. The van der Waals surface area contributed by atoms with Crippen molar-refractivity contribution in [1.82, 2.24) is 20.1 Å². The molecule has 0 aromatic carbocycles. The predicted octanol–water partition coefficient (Wildman–Crippen LogP) is 1.43. The third-order valence-corrected chi connectivity index (χ3v) is 2.83. The minimum atomic E-state index is -4.91. The minimum Gasteiger partial charge on any atom is -0.480 e. The van der Waals surface area contributed by atoms with Crippen LogP contribution in [0.15, 0.2) is 6.33 Å². The Kier molecular flexibility index (Phi) is 4.74. The molecule has 1 atom stereocenters. The van der Waals surface area contributed by atoms with Gasteiger partial charge in [-0.3, -0.25) is 5.32 Å². The van der Waals surface area contributed by atoms with E-state index in [1.165, 1.54) is 11.0 Å². The van der Waals surface area contributed by atoms with E-state index in [9.17, 15) is 18.0 Å². The first-order valence-electron chi connectivity index (χ1n) is 5.99. The topological polar surface area (TPSA) is 80.0 Å². The van der Waals surface area contributed by atoms with E-state index >= 15 is 0 Å². The molecule has 0 bridgehead atoms. The van der Waals surface area contributed by atoms with Crippen LogP contribution in [-0.2, 0) is 17.9 Å². The van der Waals surface area contributed by atoms with Crippen molar-refractivity contribution >= 4 is 5.97 Å². The van der Waals surface area contributed by atoms with Crippen molar-refractivity contribution in [3.05, 3.63) is 12.2 Å². The summed E-state index contributed by atoms with van der Waals surface area (Å²) in [6, 6.07) is 0. The number of halogens is 3. The molecule has 0 radical (unpaired) electrons. The Morgan fingerprint density at radius 1 is 1.50 bits per heavy atom. The highest BCUT2D eigenvalue weighted by Gasteiger charge is 2.57. The summed E-state index contributed by atoms with van der Waals surface area (Å²) in [6.07, 6.45) is -3.69. The lowest BCUT2D eigenvalue weighted by molar-refractivity contribution is -0.206. The number of alkyl halides is 3. The van der Waals surface area contributed by atoms with Crippen molar-refractivity contribution in [2.24, 2.45) is 5.92 Å². The first-order valence-corrected chi connectivity index (χ1v) is 5.99. The molecule has 6 nitrogen and oxygen atoms in total. The highest BCUT2D eigenvalue weighted by molar-refractivity contribution is 5.79. The van der Waals surface area contributed by atoms with Crippen LogP contribution < -0.4 is 5.32 Å². The number of carbonyl (C=O) groups is 1. The lowest BCUT2D eigenvalue weighted by Gasteiger charge is -2.28. The van der Waals surface area contributed by atoms with Crippen LogP contribution in [0.1, 0.15) is 26.6 Å². The van der Waals surface area contributed by atoms with Crippen molar-refractivity contribution in [3.8, 4) is 0 Å². The van der Waals surface area contributed by atoms with Crippen LogP contribution in [-0.4, -0.2) is 37.6 Å². The molecule has 0 aliphatic rings. The van der Waals surface area contributed by atoms with E-state index in [-0.39, 0.29) is 18.3 Å². The van der Waals surface area contributed by atoms with Gasteiger partial charge in [-0.05, 0) is 12.8 Å². The molecule has 0 fully saturated rings. The number of carboxylic acids is 1. The van der Waals surface area contributed by atoms with E-state index < -0.39 is 17.7 Å². The number of hydrogen-bond acceptors (Lipinski definition) is 4. The molecule has 0 amide bonds. The quantitative estimate of drug-likeness (QED) is 0.829. The van der Waals surface area contributed by atoms with Crippen LogP contribution in [0.2, 0.25) is 0 Å². The number of nitrogens with one attached hydrogen (secondary N) is 1. The van der Waals surface area contributed by atoms with Crippen LogP contribution in [0.25, 0.3) is 0 Å². The van der Waals surface area contributed by atoms with E-state index in [1.54, 1.807) is 0 Å². The van der Waals surface area contributed by atoms with Gasteiger partial charge in [0.15, 0.2) is 0 Å². The summed E-state index contributed by atoms with van der Waals surface area (Å²) in [5, 5.41) is 14.7. The highest BCUT2D eigenvalue weighted by atomic mass is 19.4. The van der Waals surface area contributed by atoms with Crippen molar-refractivity contribution in [1.29, 1.82) is 0 Å². The number of carboxylic acid groups (broad SMARTS) is 1. The van der Waals surface area contributed by atoms with Crippen LogP contribution in [0.5, 0.6) is 0 Å². The molecule has 114 valence electrons. The van der Waals surface area contributed by atoms with Crippen LogP contribution in [0, 0.1) is 5.92 Å². The maximum Gasteiger partial charge on any atom is 0.417 e. The highest BCUT2D eigenvalue weighted by Crippen LogP contribution is 2.30. The standard InChI is InChI=1S/C11H17F3N4O2/c1-7(2)5-18-8(15-6-17-18)4-16-10(3,9(19)20)11(12,13)14/h6-7,16H,4-5H2,1-3H3,(H,19,20). The molecule has 1 rings (SSSR count). The Bertz CT molecular complexity index is 472. The smallest absolute Gasteiger partial charge is 0.417 e. The number of rotatable bonds is 6. The fourth-order valence-electron chi connectivity index (χ4n) is 1.48. The van der Waals surface area contributed by atoms with Crippen LogP contribution in [0.3, 0.4) is 0 Å². The fraction of sp³-hybridized carbons (Fsp3) is 0.727. The number of aromatic nitrogens is 3. The molecular formula is C11H17F3N4O2. The summed E-state index contributed by atoms with van der Waals surface area (Å²) in [7, 11) is 0. The summed E-state index contributed by atoms with van der Waals surface area (Å²) < 4.78 is 39.9. The summed E-state index contributed by atoms with van der Waals surface area (Å²) >= 11 is 0. The molecule has 1 unspecified atom stereocenters. The van der Waals surface area contributed by atoms with Gasteiger partial charge >= 0.3 is 12.1 Å². The van der Waals surface area contributed by atoms with Gasteiger partial charge in [-0.15, -0.1) is 0 Å². The zero-order valence-corrected chi connectivity index (χ0v) is 11.4. The van der Waals surface area contributed by atoms with E-state index in [0.29, 0.717) is 13.5 Å². The maximum atomic E-state index is 12.8. The van der Waals surface area contributed by atoms with E-state index in [2.05, 4.69) is 10.1 Å². The van der Waals surface area contributed by atoms with Gasteiger partial charge in [0, 0.05) is 6.54 Å². The first kappa shape index (κ1) is 16.4. The average Bonchev–Trinajstić information content (AvgIpc) is 2.70. The van der Waals surface area contributed by atoms with Gasteiger partial charge in [0.05, 0.1) is 6.54 Å². The van der Waals surface area contributed by atoms with Gasteiger partial charge < -0.3 is 5.11 Å². The van der Waals surface area contributed by atoms with Gasteiger partial charge in [-0.1, -0.05) is 13.8 Å². The second kappa shape index (κ2) is 5.78. The molecule has 0 saturated carbocycles. The zero-order chi connectivity index (χ0) is 15.6. The van der Waals surface area contributed by atoms with Crippen LogP contribution >= 0.6 is 0 Å². The van der Waals surface area contributed by atoms with Gasteiger partial charge in [-0.25, -0.2) is 14.5 Å². The molecule has 0 aliphatic carbocycles. The minimum absolute atomic E-state index is 0.240. The summed E-state index contributed by atoms with van der Waals surface area (Å²) in [5.41, 5.74) is -3.03. The first-order chi connectivity index (χ1) is 9.08. The van der Waals surface area contributed by atoms with Crippen molar-refractivity contribution in [2.45, 2.75) is 45.6 Å². The predicted molar refractivity (Wildman–Crippen MR) is 63.8 cm³/mol. The SMILES string of the molecule is CC(C)Cn1ncnc1CNC(C)(C(=O)O)C(F)(F)F. The van der Waals surface area contributed by atoms with Crippen LogP contribution in [0.4, 0.5) is 13.2 Å². The van der Waals surface area contributed by atoms with Gasteiger partial charge in [0.1, 0.15) is 12.2 Å². The monoisotopic (exact) mass is 294 g/mol. The molecule has 9 heteroatoms. The largest absolute Gasteiger partial charge is 0.480 e. The van der Waals surface area contributed by atoms with Crippen molar-refractivity contribution < 1.29 is 23.1 Å². The third kappa shape index (κ3) is 3.47. The lowest BCUT2D eigenvalue weighted by atomic mass is 10.0. The molecule has 1 aromatic heterocycles. The Balaban J connectivity index is 2.85. The zero-order valence-electron chi connectivity index (χ0n) is 11.4. The Hall–Kier alpha value is -1.64. The molecule has 1 aromatic rings. The van der Waals surface area contributed by atoms with Gasteiger partial charge in [-0.2, -0.15) is 18.3 Å². The second-order valence-corrected chi connectivity index (χ2v) is 5.03. The Labute approximate surface area is 114 Å². The van der Waals surface area contributed by atoms with E-state index in [4.69, 9.17) is 5.11 Å². The summed E-state index contributed by atoms with van der Waals surface area (Å²) in [6.45, 7) is 4.59. The number of nitrogens with zero attached hydrogens (tertiary/aromatic N) is 3. The fourth-order valence-corrected chi connectivity index (χ4v) is 1.48. The second-order valence-electron chi connectivity index (χ2n) is 5.03. The lowest BCUT2D eigenvalue weighted by Crippen LogP contribution is -2.60. The molecule has 20 heavy (non-hydrogen) atoms.